The quantitative estimate of drug-likeness (QED) is 0.875. The molecule has 0 saturated carbocycles. The van der Waals surface area contributed by atoms with Crippen molar-refractivity contribution in [1.29, 1.82) is 0 Å². The summed E-state index contributed by atoms with van der Waals surface area (Å²) in [7, 11) is 3.42. The Labute approximate surface area is 148 Å². The monoisotopic (exact) mass is 345 g/mol. The van der Waals surface area contributed by atoms with Crippen molar-refractivity contribution in [2.45, 2.75) is 19.4 Å². The Morgan fingerprint density at radius 1 is 1.28 bits per heavy atom. The number of carbonyl (C=O) groups excluding carboxylic acids is 1. The number of anilines is 1. The van der Waals surface area contributed by atoms with Crippen LogP contribution in [0.3, 0.4) is 0 Å². The number of methoxy groups -OCH3 is 2. The number of hydrogen-bond acceptors (Lipinski definition) is 3. The molecule has 6 heteroatoms. The van der Waals surface area contributed by atoms with Crippen LogP contribution in [-0.4, -0.2) is 56.0 Å². The average molecular weight is 345 g/mol. The van der Waals surface area contributed by atoms with Gasteiger partial charge in [0.15, 0.2) is 0 Å². The summed E-state index contributed by atoms with van der Waals surface area (Å²) in [6.07, 6.45) is 4.21. The third-order valence-corrected chi connectivity index (χ3v) is 4.77. The lowest BCUT2D eigenvalue weighted by Gasteiger charge is -2.32. The normalized spacial score (nSPS) is 17.8. The Balaban J connectivity index is 1.65. The van der Waals surface area contributed by atoms with Crippen molar-refractivity contribution in [3.05, 3.63) is 30.5 Å². The number of piperidine rings is 1. The molecule has 1 aromatic heterocycles. The fraction of sp³-hybridized carbons (Fsp3) is 0.526. The van der Waals surface area contributed by atoms with Crippen LogP contribution in [0, 0.1) is 5.92 Å². The molecule has 1 saturated heterocycles. The van der Waals surface area contributed by atoms with Gasteiger partial charge in [0.2, 0.25) is 0 Å². The van der Waals surface area contributed by atoms with Gasteiger partial charge in [0, 0.05) is 62.6 Å². The minimum Gasteiger partial charge on any atom is -0.384 e. The van der Waals surface area contributed by atoms with E-state index < -0.39 is 0 Å². The number of fused-ring (bicyclic) bond motifs is 1. The van der Waals surface area contributed by atoms with Gasteiger partial charge in [0.1, 0.15) is 0 Å². The Hall–Kier alpha value is -2.05. The maximum atomic E-state index is 12.6. The van der Waals surface area contributed by atoms with Crippen LogP contribution in [0.5, 0.6) is 0 Å². The molecule has 6 nitrogen and oxygen atoms in total. The van der Waals surface area contributed by atoms with Crippen LogP contribution in [-0.2, 0) is 16.0 Å². The van der Waals surface area contributed by atoms with Crippen LogP contribution < -0.4 is 5.32 Å². The number of likely N-dealkylation sites (tertiary alicyclic amines) is 1. The number of amides is 2. The zero-order valence-electron chi connectivity index (χ0n) is 15.0. The molecule has 1 aliphatic heterocycles. The molecule has 2 aromatic rings. The number of hydrogen-bond donors (Lipinski definition) is 1. The Bertz CT molecular complexity index is 711. The first kappa shape index (κ1) is 17.8. The minimum absolute atomic E-state index is 0.0287. The Kier molecular flexibility index (Phi) is 5.94. The van der Waals surface area contributed by atoms with E-state index in [9.17, 15) is 4.79 Å². The molecular formula is C19H27N3O3. The van der Waals surface area contributed by atoms with Crippen molar-refractivity contribution in [3.63, 3.8) is 0 Å². The summed E-state index contributed by atoms with van der Waals surface area (Å²) < 4.78 is 12.5. The van der Waals surface area contributed by atoms with E-state index in [1.165, 1.54) is 0 Å². The van der Waals surface area contributed by atoms with Crippen molar-refractivity contribution in [3.8, 4) is 0 Å². The predicted octanol–water partition coefficient (Wildman–Crippen LogP) is 3.18. The summed E-state index contributed by atoms with van der Waals surface area (Å²) in [5.41, 5.74) is 1.98. The topological polar surface area (TPSA) is 55.7 Å². The highest BCUT2D eigenvalue weighted by atomic mass is 16.5. The fourth-order valence-corrected chi connectivity index (χ4v) is 3.49. The molecule has 136 valence electrons. The molecule has 0 bridgehead atoms. The van der Waals surface area contributed by atoms with E-state index in [-0.39, 0.29) is 6.03 Å². The Morgan fingerprint density at radius 2 is 2.16 bits per heavy atom. The van der Waals surface area contributed by atoms with E-state index in [0.29, 0.717) is 19.1 Å². The standard InChI is InChI=1S/C19H27N3O3/c1-24-11-10-21-9-7-16-12-17(5-6-18(16)21)20-19(23)22-8-3-4-15(13-22)14-25-2/h5-7,9,12,15H,3-4,8,10-11,13-14H2,1-2H3,(H,20,23). The number of aromatic nitrogens is 1. The third kappa shape index (κ3) is 4.32. The lowest BCUT2D eigenvalue weighted by atomic mass is 9.99. The molecule has 1 atom stereocenters. The number of benzene rings is 1. The van der Waals surface area contributed by atoms with E-state index in [4.69, 9.17) is 9.47 Å². The highest BCUT2D eigenvalue weighted by Crippen LogP contribution is 2.22. The second-order valence-corrected chi connectivity index (χ2v) is 6.62. The van der Waals surface area contributed by atoms with Crippen molar-refractivity contribution in [2.75, 3.05) is 45.8 Å². The summed E-state index contributed by atoms with van der Waals surface area (Å²) in [5.74, 6) is 0.432. The van der Waals surface area contributed by atoms with Gasteiger partial charge in [-0.3, -0.25) is 0 Å². The fourth-order valence-electron chi connectivity index (χ4n) is 3.49. The van der Waals surface area contributed by atoms with Crippen LogP contribution in [0.2, 0.25) is 0 Å². The average Bonchev–Trinajstić information content (AvgIpc) is 3.02. The van der Waals surface area contributed by atoms with Gasteiger partial charge in [-0.1, -0.05) is 0 Å². The maximum absolute atomic E-state index is 12.6. The summed E-state index contributed by atoms with van der Waals surface area (Å²) >= 11 is 0. The molecule has 3 rings (SSSR count). The van der Waals surface area contributed by atoms with Gasteiger partial charge >= 0.3 is 6.03 Å². The molecule has 0 radical (unpaired) electrons. The largest absolute Gasteiger partial charge is 0.384 e. The van der Waals surface area contributed by atoms with E-state index in [1.54, 1.807) is 14.2 Å². The zero-order chi connectivity index (χ0) is 17.6. The molecule has 0 aliphatic carbocycles. The lowest BCUT2D eigenvalue weighted by Crippen LogP contribution is -2.43. The molecule has 1 N–H and O–H groups in total. The van der Waals surface area contributed by atoms with Crippen molar-refractivity contribution < 1.29 is 14.3 Å². The number of ether oxygens (including phenoxy) is 2. The summed E-state index contributed by atoms with van der Waals surface area (Å²) in [5, 5.41) is 4.15. The molecule has 2 heterocycles. The van der Waals surface area contributed by atoms with Crippen LogP contribution in [0.25, 0.3) is 10.9 Å². The number of urea groups is 1. The van der Waals surface area contributed by atoms with E-state index in [2.05, 4.69) is 22.1 Å². The second kappa shape index (κ2) is 8.36. The number of carbonyl (C=O) groups is 1. The van der Waals surface area contributed by atoms with Gasteiger partial charge in [-0.25, -0.2) is 4.79 Å². The smallest absolute Gasteiger partial charge is 0.321 e. The molecule has 1 aliphatic rings. The molecule has 25 heavy (non-hydrogen) atoms. The number of nitrogens with one attached hydrogen (secondary N) is 1. The van der Waals surface area contributed by atoms with E-state index in [0.717, 1.165) is 49.1 Å². The highest BCUT2D eigenvalue weighted by Gasteiger charge is 2.23. The van der Waals surface area contributed by atoms with Crippen LogP contribution in [0.4, 0.5) is 10.5 Å². The Morgan fingerprint density at radius 3 is 2.96 bits per heavy atom. The first-order valence-electron chi connectivity index (χ1n) is 8.84. The zero-order valence-corrected chi connectivity index (χ0v) is 15.0. The molecule has 1 fully saturated rings. The SMILES string of the molecule is COCCn1ccc2cc(NC(=O)N3CCCC(COC)C3)ccc21. The van der Waals surface area contributed by atoms with Crippen LogP contribution in [0.15, 0.2) is 30.5 Å². The summed E-state index contributed by atoms with van der Waals surface area (Å²) in [4.78, 5) is 14.4. The van der Waals surface area contributed by atoms with Gasteiger partial charge in [0.05, 0.1) is 13.2 Å². The van der Waals surface area contributed by atoms with Crippen molar-refractivity contribution >= 4 is 22.6 Å². The molecule has 0 spiro atoms. The van der Waals surface area contributed by atoms with Crippen molar-refractivity contribution in [2.24, 2.45) is 5.92 Å². The van der Waals surface area contributed by atoms with Crippen molar-refractivity contribution in [1.82, 2.24) is 9.47 Å². The number of rotatable bonds is 6. The van der Waals surface area contributed by atoms with Gasteiger partial charge in [-0.05, 0) is 37.1 Å². The highest BCUT2D eigenvalue weighted by molar-refractivity contribution is 5.93. The van der Waals surface area contributed by atoms with E-state index >= 15 is 0 Å². The van der Waals surface area contributed by atoms with Gasteiger partial charge in [-0.15, -0.1) is 0 Å². The maximum Gasteiger partial charge on any atom is 0.321 e. The third-order valence-electron chi connectivity index (χ3n) is 4.77. The molecule has 2 amide bonds. The lowest BCUT2D eigenvalue weighted by molar-refractivity contribution is 0.104. The van der Waals surface area contributed by atoms with Gasteiger partial charge < -0.3 is 24.3 Å². The van der Waals surface area contributed by atoms with Crippen LogP contribution >= 0.6 is 0 Å². The molecule has 1 aromatic carbocycles. The predicted molar refractivity (Wildman–Crippen MR) is 99.0 cm³/mol. The first-order chi connectivity index (χ1) is 12.2. The molecule has 1 unspecified atom stereocenters. The second-order valence-electron chi connectivity index (χ2n) is 6.62. The van der Waals surface area contributed by atoms with Crippen LogP contribution in [0.1, 0.15) is 12.8 Å². The minimum atomic E-state index is -0.0287. The van der Waals surface area contributed by atoms with Gasteiger partial charge in [-0.2, -0.15) is 0 Å². The first-order valence-corrected chi connectivity index (χ1v) is 8.84. The molecular weight excluding hydrogens is 318 g/mol. The van der Waals surface area contributed by atoms with Gasteiger partial charge in [0.25, 0.3) is 0 Å². The summed E-state index contributed by atoms with van der Waals surface area (Å²) in [6.45, 7) is 3.78. The summed E-state index contributed by atoms with van der Waals surface area (Å²) in [6, 6.07) is 8.06. The number of nitrogens with zero attached hydrogens (tertiary/aromatic N) is 2. The van der Waals surface area contributed by atoms with E-state index in [1.807, 2.05) is 23.1 Å².